The van der Waals surface area contributed by atoms with Crippen molar-refractivity contribution >= 4 is 27.9 Å². The molecule has 158 valence electrons. The second-order valence-electron chi connectivity index (χ2n) is 6.91. The third-order valence-corrected chi connectivity index (χ3v) is 5.86. The fraction of sp³-hybridized carbons (Fsp3) is 0.316. The number of nitrogen functional groups attached to an aromatic ring is 1. The van der Waals surface area contributed by atoms with Gasteiger partial charge in [-0.25, -0.2) is 13.8 Å². The summed E-state index contributed by atoms with van der Waals surface area (Å²) in [5.41, 5.74) is 12.3. The van der Waals surface area contributed by atoms with Crippen molar-refractivity contribution in [3.8, 4) is 10.6 Å². The first-order valence-corrected chi connectivity index (χ1v) is 10.1. The number of halogens is 2. The molecule has 1 saturated heterocycles. The van der Waals surface area contributed by atoms with Gasteiger partial charge >= 0.3 is 0 Å². The number of thiazole rings is 1. The summed E-state index contributed by atoms with van der Waals surface area (Å²) in [7, 11) is 1.75. The van der Waals surface area contributed by atoms with Crippen molar-refractivity contribution in [3.63, 3.8) is 0 Å². The minimum absolute atomic E-state index is 0.00965. The van der Waals surface area contributed by atoms with E-state index in [1.807, 2.05) is 0 Å². The van der Waals surface area contributed by atoms with Crippen molar-refractivity contribution in [1.82, 2.24) is 14.8 Å². The van der Waals surface area contributed by atoms with Crippen molar-refractivity contribution in [2.45, 2.75) is 25.0 Å². The molecule has 0 aliphatic carbocycles. The van der Waals surface area contributed by atoms with Crippen LogP contribution in [-0.4, -0.2) is 33.3 Å². The first-order valence-electron chi connectivity index (χ1n) is 9.28. The Bertz CT molecular complexity index is 1080. The molecule has 2 unspecified atom stereocenters. The Hall–Kier alpha value is -2.89. The Morgan fingerprint density at radius 3 is 2.77 bits per heavy atom. The van der Waals surface area contributed by atoms with Crippen molar-refractivity contribution in [2.75, 3.05) is 17.6 Å². The number of hydrogen-bond donors (Lipinski definition) is 3. The Balaban J connectivity index is 1.60. The minimum atomic E-state index is -0.780. The summed E-state index contributed by atoms with van der Waals surface area (Å²) in [5, 5.41) is 6.98. The summed E-state index contributed by atoms with van der Waals surface area (Å²) in [6.45, 7) is 0.417. The summed E-state index contributed by atoms with van der Waals surface area (Å²) in [6.07, 6.45) is 2.78. The van der Waals surface area contributed by atoms with Gasteiger partial charge in [0.15, 0.2) is 5.69 Å². The predicted molar refractivity (Wildman–Crippen MR) is 109 cm³/mol. The number of ether oxygens (including phenoxy) is 1. The number of benzene rings is 1. The van der Waals surface area contributed by atoms with Crippen LogP contribution in [0.2, 0.25) is 0 Å². The topological polar surface area (TPSA) is 121 Å². The number of hydrogen-bond acceptors (Lipinski definition) is 7. The van der Waals surface area contributed by atoms with Gasteiger partial charge in [0.2, 0.25) is 0 Å². The quantitative estimate of drug-likeness (QED) is 0.568. The average molecular weight is 434 g/mol. The SMILES string of the molecule is Cn1ncc(NC(=O)c2nc(-c3c(F)cccc3F)sc2N)c1C1CCC(CN)O1. The molecule has 2 atom stereocenters. The van der Waals surface area contributed by atoms with E-state index in [-0.39, 0.29) is 33.5 Å². The number of anilines is 2. The van der Waals surface area contributed by atoms with Crippen molar-refractivity contribution in [3.05, 3.63) is 47.4 Å². The lowest BCUT2D eigenvalue weighted by Crippen LogP contribution is -2.20. The molecule has 8 nitrogen and oxygen atoms in total. The van der Waals surface area contributed by atoms with Crippen molar-refractivity contribution < 1.29 is 18.3 Å². The molecule has 0 radical (unpaired) electrons. The van der Waals surface area contributed by atoms with Crippen LogP contribution in [0.1, 0.15) is 35.1 Å². The van der Waals surface area contributed by atoms with E-state index < -0.39 is 17.5 Å². The highest BCUT2D eigenvalue weighted by molar-refractivity contribution is 7.19. The Labute approximate surface area is 174 Å². The highest BCUT2D eigenvalue weighted by Crippen LogP contribution is 2.37. The number of nitrogens with one attached hydrogen (secondary N) is 1. The van der Waals surface area contributed by atoms with Gasteiger partial charge in [0.1, 0.15) is 27.7 Å². The molecular formula is C19H20F2N6O2S. The molecule has 5 N–H and O–H groups in total. The van der Waals surface area contributed by atoms with Crippen LogP contribution in [0.3, 0.4) is 0 Å². The van der Waals surface area contributed by atoms with Crippen molar-refractivity contribution in [1.29, 1.82) is 0 Å². The fourth-order valence-corrected chi connectivity index (χ4v) is 4.37. The number of nitrogens with two attached hydrogens (primary N) is 2. The van der Waals surface area contributed by atoms with E-state index in [4.69, 9.17) is 16.2 Å². The largest absolute Gasteiger partial charge is 0.389 e. The monoisotopic (exact) mass is 434 g/mol. The third kappa shape index (κ3) is 3.66. The van der Waals surface area contributed by atoms with E-state index in [9.17, 15) is 13.6 Å². The molecule has 1 amide bonds. The summed E-state index contributed by atoms with van der Waals surface area (Å²) in [6, 6.07) is 3.49. The summed E-state index contributed by atoms with van der Waals surface area (Å²) in [5.74, 6) is -2.16. The van der Waals surface area contributed by atoms with Gasteiger partial charge in [-0.2, -0.15) is 5.10 Å². The lowest BCUT2D eigenvalue weighted by Gasteiger charge is -2.15. The number of carbonyl (C=O) groups is 1. The molecule has 3 heterocycles. The maximum Gasteiger partial charge on any atom is 0.277 e. The van der Waals surface area contributed by atoms with Gasteiger partial charge in [-0.1, -0.05) is 17.4 Å². The van der Waals surface area contributed by atoms with E-state index in [0.29, 0.717) is 17.9 Å². The van der Waals surface area contributed by atoms with Crippen LogP contribution in [0.5, 0.6) is 0 Å². The van der Waals surface area contributed by atoms with Crippen LogP contribution in [0.15, 0.2) is 24.4 Å². The van der Waals surface area contributed by atoms with Gasteiger partial charge in [0.05, 0.1) is 29.2 Å². The van der Waals surface area contributed by atoms with Gasteiger partial charge in [-0.15, -0.1) is 0 Å². The number of amides is 1. The zero-order valence-electron chi connectivity index (χ0n) is 16.1. The number of carbonyl (C=O) groups excluding carboxylic acids is 1. The fourth-order valence-electron chi connectivity index (χ4n) is 3.49. The average Bonchev–Trinajstić information content (AvgIpc) is 3.40. The summed E-state index contributed by atoms with van der Waals surface area (Å²) >= 11 is 0.839. The molecule has 11 heteroatoms. The standard InChI is InChI=1S/C19H20F2N6O2S/c1-27-16(13-6-5-9(7-22)29-13)12(8-24-27)25-18(28)15-17(23)30-19(26-15)14-10(20)3-2-4-11(14)21/h2-4,8-9,13H,5-7,22-23H2,1H3,(H,25,28). The Kier molecular flexibility index (Phi) is 5.50. The minimum Gasteiger partial charge on any atom is -0.389 e. The number of rotatable bonds is 5. The molecule has 0 bridgehead atoms. The van der Waals surface area contributed by atoms with E-state index in [2.05, 4.69) is 15.4 Å². The van der Waals surface area contributed by atoms with Gasteiger partial charge < -0.3 is 21.5 Å². The maximum atomic E-state index is 14.1. The second-order valence-corrected chi connectivity index (χ2v) is 7.94. The molecule has 0 spiro atoms. The van der Waals surface area contributed by atoms with Crippen LogP contribution in [0.25, 0.3) is 10.6 Å². The zero-order chi connectivity index (χ0) is 21.4. The van der Waals surface area contributed by atoms with E-state index >= 15 is 0 Å². The normalized spacial score (nSPS) is 18.7. The Morgan fingerprint density at radius 2 is 2.10 bits per heavy atom. The second kappa shape index (κ2) is 8.09. The van der Waals surface area contributed by atoms with E-state index in [0.717, 1.165) is 36.3 Å². The van der Waals surface area contributed by atoms with Gasteiger partial charge in [-0.05, 0) is 25.0 Å². The van der Waals surface area contributed by atoms with Crippen LogP contribution >= 0.6 is 11.3 Å². The molecular weight excluding hydrogens is 414 g/mol. The lowest BCUT2D eigenvalue weighted by molar-refractivity contribution is 0.0456. The van der Waals surface area contributed by atoms with Gasteiger partial charge in [-0.3, -0.25) is 9.48 Å². The number of aromatic nitrogens is 3. The number of aryl methyl sites for hydroxylation is 1. The van der Waals surface area contributed by atoms with Gasteiger partial charge in [0, 0.05) is 13.6 Å². The molecule has 3 aromatic rings. The molecule has 1 aromatic carbocycles. The lowest BCUT2D eigenvalue weighted by atomic mass is 10.1. The van der Waals surface area contributed by atoms with Crippen molar-refractivity contribution in [2.24, 2.45) is 12.8 Å². The first kappa shape index (κ1) is 20.4. The zero-order valence-corrected chi connectivity index (χ0v) is 16.9. The van der Waals surface area contributed by atoms with E-state index in [1.54, 1.807) is 11.7 Å². The van der Waals surface area contributed by atoms with Gasteiger partial charge in [0.25, 0.3) is 5.91 Å². The summed E-state index contributed by atoms with van der Waals surface area (Å²) < 4.78 is 35.7. The van der Waals surface area contributed by atoms with Crippen LogP contribution < -0.4 is 16.8 Å². The predicted octanol–water partition coefficient (Wildman–Crippen LogP) is 2.84. The molecule has 2 aromatic heterocycles. The smallest absolute Gasteiger partial charge is 0.277 e. The molecule has 1 aliphatic rings. The maximum absolute atomic E-state index is 14.1. The van der Waals surface area contributed by atoms with Crippen LogP contribution in [0.4, 0.5) is 19.5 Å². The number of nitrogens with zero attached hydrogens (tertiary/aromatic N) is 3. The highest BCUT2D eigenvalue weighted by atomic mass is 32.1. The summed E-state index contributed by atoms with van der Waals surface area (Å²) in [4.78, 5) is 16.9. The van der Waals surface area contributed by atoms with Crippen LogP contribution in [-0.2, 0) is 11.8 Å². The van der Waals surface area contributed by atoms with Crippen LogP contribution in [0, 0.1) is 11.6 Å². The van der Waals surface area contributed by atoms with E-state index in [1.165, 1.54) is 12.3 Å². The molecule has 30 heavy (non-hydrogen) atoms. The highest BCUT2D eigenvalue weighted by Gasteiger charge is 2.31. The molecule has 1 fully saturated rings. The third-order valence-electron chi connectivity index (χ3n) is 4.95. The molecule has 1 aliphatic heterocycles. The first-order chi connectivity index (χ1) is 14.4. The Morgan fingerprint density at radius 1 is 1.37 bits per heavy atom. The molecule has 4 rings (SSSR count). The molecule has 0 saturated carbocycles.